The highest BCUT2D eigenvalue weighted by Crippen LogP contribution is 2.23. The lowest BCUT2D eigenvalue weighted by Crippen LogP contribution is -2.40. The summed E-state index contributed by atoms with van der Waals surface area (Å²) in [4.78, 5) is 16.9. The second-order valence-corrected chi connectivity index (χ2v) is 9.75. The van der Waals surface area contributed by atoms with Crippen LogP contribution in [0.15, 0.2) is 71.1 Å². The Morgan fingerprint density at radius 2 is 1.48 bits per heavy atom. The van der Waals surface area contributed by atoms with Crippen molar-refractivity contribution in [3.8, 4) is 0 Å². The molecule has 0 unspecified atom stereocenters. The minimum atomic E-state index is -0.0584. The topological polar surface area (TPSA) is 45.9 Å². The number of hydrogen-bond donors (Lipinski definition) is 0. The van der Waals surface area contributed by atoms with E-state index >= 15 is 0 Å². The Bertz CT molecular complexity index is 1030. The second kappa shape index (κ2) is 10.4. The fourth-order valence-corrected chi connectivity index (χ4v) is 4.10. The molecular weight excluding hydrogens is 412 g/mol. The number of ether oxygens (including phenoxy) is 1. The number of benzene rings is 2. The predicted molar refractivity (Wildman–Crippen MR) is 130 cm³/mol. The van der Waals surface area contributed by atoms with Crippen LogP contribution in [0.4, 0.5) is 0 Å². The summed E-state index contributed by atoms with van der Waals surface area (Å²) in [6, 6.07) is 23.1. The Labute approximate surface area is 197 Å². The molecule has 2 heterocycles. The molecule has 5 nitrogen and oxygen atoms in total. The lowest BCUT2D eigenvalue weighted by atomic mass is 9.87. The molecule has 1 aliphatic heterocycles. The van der Waals surface area contributed by atoms with Crippen molar-refractivity contribution in [2.45, 2.75) is 45.8 Å². The first-order chi connectivity index (χ1) is 15.9. The van der Waals surface area contributed by atoms with Crippen molar-refractivity contribution < 1.29 is 13.9 Å². The van der Waals surface area contributed by atoms with Crippen molar-refractivity contribution >= 4 is 5.91 Å². The van der Waals surface area contributed by atoms with E-state index in [-0.39, 0.29) is 11.3 Å². The van der Waals surface area contributed by atoms with Gasteiger partial charge in [-0.15, -0.1) is 0 Å². The summed E-state index contributed by atoms with van der Waals surface area (Å²) >= 11 is 0. The minimum Gasteiger partial charge on any atom is -0.455 e. The van der Waals surface area contributed by atoms with Gasteiger partial charge in [0.15, 0.2) is 5.76 Å². The molecule has 1 fully saturated rings. The lowest BCUT2D eigenvalue weighted by Gasteiger charge is -2.26. The zero-order valence-electron chi connectivity index (χ0n) is 19.9. The number of nitrogens with zero attached hydrogens (tertiary/aromatic N) is 2. The maximum atomic E-state index is 12.8. The first kappa shape index (κ1) is 23.3. The summed E-state index contributed by atoms with van der Waals surface area (Å²) in [6.45, 7) is 11.3. The van der Waals surface area contributed by atoms with Crippen LogP contribution in [0.2, 0.25) is 0 Å². The van der Waals surface area contributed by atoms with Crippen LogP contribution in [0.1, 0.15) is 53.8 Å². The maximum absolute atomic E-state index is 12.8. The summed E-state index contributed by atoms with van der Waals surface area (Å²) in [5, 5.41) is 0. The van der Waals surface area contributed by atoms with Gasteiger partial charge in [-0.25, -0.2) is 0 Å². The van der Waals surface area contributed by atoms with Gasteiger partial charge in [-0.3, -0.25) is 9.69 Å². The van der Waals surface area contributed by atoms with Gasteiger partial charge in [0, 0.05) is 26.2 Å². The molecule has 2 aromatic carbocycles. The number of carbonyl (C=O) groups is 1. The molecule has 1 amide bonds. The molecule has 0 aliphatic carbocycles. The van der Waals surface area contributed by atoms with Gasteiger partial charge in [-0.1, -0.05) is 75.4 Å². The quantitative estimate of drug-likeness (QED) is 0.497. The van der Waals surface area contributed by atoms with Crippen LogP contribution < -0.4 is 0 Å². The van der Waals surface area contributed by atoms with E-state index in [4.69, 9.17) is 9.15 Å². The molecule has 1 saturated heterocycles. The highest BCUT2D eigenvalue weighted by Gasteiger charge is 2.22. The molecule has 0 spiro atoms. The number of hydrogen-bond acceptors (Lipinski definition) is 4. The number of rotatable bonds is 7. The van der Waals surface area contributed by atoms with E-state index in [9.17, 15) is 4.79 Å². The molecule has 5 heteroatoms. The smallest absolute Gasteiger partial charge is 0.289 e. The van der Waals surface area contributed by atoms with Gasteiger partial charge in [0.25, 0.3) is 5.91 Å². The number of morpholine rings is 1. The van der Waals surface area contributed by atoms with Gasteiger partial charge >= 0.3 is 0 Å². The normalized spacial score (nSPS) is 14.6. The molecule has 0 N–H and O–H groups in total. The fraction of sp³-hybridized carbons (Fsp3) is 0.393. The van der Waals surface area contributed by atoms with Gasteiger partial charge in [-0.2, -0.15) is 0 Å². The third-order valence-corrected chi connectivity index (χ3v) is 6.03. The second-order valence-electron chi connectivity index (χ2n) is 9.75. The zero-order chi connectivity index (χ0) is 23.3. The third kappa shape index (κ3) is 6.34. The zero-order valence-corrected chi connectivity index (χ0v) is 19.9. The fourth-order valence-electron chi connectivity index (χ4n) is 4.10. The molecule has 3 aromatic rings. The van der Waals surface area contributed by atoms with Gasteiger partial charge in [0.05, 0.1) is 19.8 Å². The van der Waals surface area contributed by atoms with E-state index in [0.717, 1.165) is 18.8 Å². The van der Waals surface area contributed by atoms with Crippen molar-refractivity contribution in [2.24, 2.45) is 0 Å². The average molecular weight is 447 g/mol. The highest BCUT2D eigenvalue weighted by atomic mass is 16.5. The van der Waals surface area contributed by atoms with Crippen LogP contribution >= 0.6 is 0 Å². The van der Waals surface area contributed by atoms with Crippen molar-refractivity contribution in [3.05, 3.63) is 94.9 Å². The third-order valence-electron chi connectivity index (χ3n) is 6.03. The molecule has 1 aromatic heterocycles. The maximum Gasteiger partial charge on any atom is 0.289 e. The number of carbonyl (C=O) groups excluding carboxylic acids is 1. The van der Waals surface area contributed by atoms with Crippen LogP contribution in [-0.2, 0) is 29.8 Å². The average Bonchev–Trinajstić information content (AvgIpc) is 3.28. The van der Waals surface area contributed by atoms with Crippen LogP contribution in [0.3, 0.4) is 0 Å². The van der Waals surface area contributed by atoms with Gasteiger partial charge < -0.3 is 14.1 Å². The molecule has 174 valence electrons. The Morgan fingerprint density at radius 1 is 0.848 bits per heavy atom. The Hall–Kier alpha value is -2.89. The number of furan rings is 1. The van der Waals surface area contributed by atoms with E-state index in [2.05, 4.69) is 74.2 Å². The van der Waals surface area contributed by atoms with Crippen LogP contribution in [0.5, 0.6) is 0 Å². The summed E-state index contributed by atoms with van der Waals surface area (Å²) in [5.41, 5.74) is 3.98. The summed E-state index contributed by atoms with van der Waals surface area (Å²) in [5.74, 6) is 1.15. The summed E-state index contributed by atoms with van der Waals surface area (Å²) in [6.07, 6.45) is 0. The van der Waals surface area contributed by atoms with Crippen LogP contribution in [-0.4, -0.2) is 42.0 Å². The first-order valence-corrected chi connectivity index (χ1v) is 11.7. The lowest BCUT2D eigenvalue weighted by molar-refractivity contribution is 0.0281. The van der Waals surface area contributed by atoms with E-state index < -0.39 is 0 Å². The summed E-state index contributed by atoms with van der Waals surface area (Å²) < 4.78 is 11.3. The minimum absolute atomic E-state index is 0.0584. The van der Waals surface area contributed by atoms with Gasteiger partial charge in [0.1, 0.15) is 5.76 Å². The van der Waals surface area contributed by atoms with Gasteiger partial charge in [-0.05, 0) is 34.2 Å². The summed E-state index contributed by atoms with van der Waals surface area (Å²) in [7, 11) is 0. The molecule has 0 radical (unpaired) electrons. The molecule has 0 saturated carbocycles. The first-order valence-electron chi connectivity index (χ1n) is 11.7. The largest absolute Gasteiger partial charge is 0.455 e. The molecule has 1 aliphatic rings. The standard InChI is InChI=1S/C28H34N2O3/c1-28(2,3)24-11-9-23(10-12-24)20-29(19-22-7-5-4-6-8-22)21-25-13-14-26(33-25)27(31)30-15-17-32-18-16-30/h4-14H,15-21H2,1-3H3. The highest BCUT2D eigenvalue weighted by molar-refractivity contribution is 5.91. The van der Waals surface area contributed by atoms with E-state index in [1.54, 1.807) is 11.0 Å². The Morgan fingerprint density at radius 3 is 2.12 bits per heavy atom. The predicted octanol–water partition coefficient (Wildman–Crippen LogP) is 5.25. The number of amides is 1. The SMILES string of the molecule is CC(C)(C)c1ccc(CN(Cc2ccccc2)Cc2ccc(C(=O)N3CCOCC3)o2)cc1. The molecule has 4 rings (SSSR count). The molecule has 0 atom stereocenters. The van der Waals surface area contributed by atoms with Crippen LogP contribution in [0, 0.1) is 0 Å². The van der Waals surface area contributed by atoms with E-state index in [0.29, 0.717) is 38.6 Å². The van der Waals surface area contributed by atoms with E-state index in [1.807, 2.05) is 12.1 Å². The van der Waals surface area contributed by atoms with E-state index in [1.165, 1.54) is 16.7 Å². The van der Waals surface area contributed by atoms with Gasteiger partial charge in [0.2, 0.25) is 0 Å². The molecule has 0 bridgehead atoms. The van der Waals surface area contributed by atoms with Crippen molar-refractivity contribution in [3.63, 3.8) is 0 Å². The Kier molecular flexibility index (Phi) is 7.31. The molecule has 33 heavy (non-hydrogen) atoms. The van der Waals surface area contributed by atoms with Crippen LogP contribution in [0.25, 0.3) is 0 Å². The van der Waals surface area contributed by atoms with Crippen molar-refractivity contribution in [1.82, 2.24) is 9.80 Å². The van der Waals surface area contributed by atoms with Crippen molar-refractivity contribution in [2.75, 3.05) is 26.3 Å². The molecular formula is C28H34N2O3. The monoisotopic (exact) mass is 446 g/mol. The van der Waals surface area contributed by atoms with Crippen molar-refractivity contribution in [1.29, 1.82) is 0 Å². The Balaban J connectivity index is 1.48.